The van der Waals surface area contributed by atoms with Gasteiger partial charge in [-0.3, -0.25) is 0 Å². The lowest BCUT2D eigenvalue weighted by molar-refractivity contribution is 0.628. The number of hydrogen-bond donors (Lipinski definition) is 2. The van der Waals surface area contributed by atoms with Crippen LogP contribution in [-0.4, -0.2) is 0 Å². The molecular weight excluding hydrogens is 263 g/mol. The van der Waals surface area contributed by atoms with Crippen LogP contribution in [0.1, 0.15) is 0 Å². The highest BCUT2D eigenvalue weighted by Gasteiger charge is 2.08. The fraction of sp³-hybridized carbons (Fsp3) is 0. The minimum atomic E-state index is -0.253. The molecule has 3 heteroatoms. The van der Waals surface area contributed by atoms with Crippen LogP contribution >= 0.6 is 0 Å². The third-order valence-electron chi connectivity index (χ3n) is 3.42. The van der Waals surface area contributed by atoms with Gasteiger partial charge in [0.05, 0.1) is 0 Å². The fourth-order valence-corrected chi connectivity index (χ4v) is 2.34. The van der Waals surface area contributed by atoms with E-state index in [0.29, 0.717) is 5.69 Å². The van der Waals surface area contributed by atoms with Gasteiger partial charge in [-0.25, -0.2) is 4.39 Å². The van der Waals surface area contributed by atoms with E-state index in [1.165, 1.54) is 12.1 Å². The second kappa shape index (κ2) is 5.29. The van der Waals surface area contributed by atoms with Gasteiger partial charge in [-0.2, -0.15) is 0 Å². The lowest BCUT2D eigenvalue weighted by atomic mass is 9.94. The summed E-state index contributed by atoms with van der Waals surface area (Å²) >= 11 is 0. The molecule has 0 fully saturated rings. The first-order valence-corrected chi connectivity index (χ1v) is 6.65. The largest absolute Gasteiger partial charge is 0.399 e. The number of benzene rings is 3. The second-order valence-electron chi connectivity index (χ2n) is 4.93. The van der Waals surface area contributed by atoms with Crippen LogP contribution in [0.4, 0.5) is 15.8 Å². The minimum Gasteiger partial charge on any atom is -0.399 e. The SMILES string of the molecule is Nc1ccc(-c2ccc(N)cc2-c2ccc(F)cc2)cc1. The first-order valence-electron chi connectivity index (χ1n) is 6.65. The van der Waals surface area contributed by atoms with Crippen LogP contribution in [0.25, 0.3) is 22.3 Å². The normalized spacial score (nSPS) is 10.5. The quantitative estimate of drug-likeness (QED) is 0.686. The number of nitrogen functional groups attached to an aromatic ring is 2. The monoisotopic (exact) mass is 278 g/mol. The molecule has 3 aromatic carbocycles. The molecule has 104 valence electrons. The summed E-state index contributed by atoms with van der Waals surface area (Å²) in [4.78, 5) is 0. The van der Waals surface area contributed by atoms with Crippen molar-refractivity contribution in [3.63, 3.8) is 0 Å². The fourth-order valence-electron chi connectivity index (χ4n) is 2.34. The molecule has 3 rings (SSSR count). The molecule has 0 aliphatic carbocycles. The van der Waals surface area contributed by atoms with Crippen molar-refractivity contribution in [1.29, 1.82) is 0 Å². The zero-order chi connectivity index (χ0) is 14.8. The van der Waals surface area contributed by atoms with E-state index in [1.54, 1.807) is 12.1 Å². The number of rotatable bonds is 2. The van der Waals surface area contributed by atoms with Gasteiger partial charge in [-0.05, 0) is 58.7 Å². The molecule has 21 heavy (non-hydrogen) atoms. The van der Waals surface area contributed by atoms with Gasteiger partial charge in [-0.15, -0.1) is 0 Å². The number of nitrogens with two attached hydrogens (primary N) is 2. The van der Waals surface area contributed by atoms with Gasteiger partial charge < -0.3 is 11.5 Å². The van der Waals surface area contributed by atoms with Gasteiger partial charge in [0.25, 0.3) is 0 Å². The van der Waals surface area contributed by atoms with Gasteiger partial charge in [0.1, 0.15) is 5.82 Å². The molecule has 0 aliphatic heterocycles. The molecule has 2 nitrogen and oxygen atoms in total. The average Bonchev–Trinajstić information content (AvgIpc) is 2.49. The Morgan fingerprint density at radius 1 is 0.571 bits per heavy atom. The minimum absolute atomic E-state index is 0.253. The van der Waals surface area contributed by atoms with Gasteiger partial charge in [0, 0.05) is 11.4 Å². The van der Waals surface area contributed by atoms with E-state index in [9.17, 15) is 4.39 Å². The summed E-state index contributed by atoms with van der Waals surface area (Å²) in [7, 11) is 0. The van der Waals surface area contributed by atoms with Gasteiger partial charge in [0.2, 0.25) is 0 Å². The topological polar surface area (TPSA) is 52.0 Å². The molecule has 0 aromatic heterocycles. The van der Waals surface area contributed by atoms with E-state index >= 15 is 0 Å². The van der Waals surface area contributed by atoms with Crippen LogP contribution in [0.5, 0.6) is 0 Å². The first-order chi connectivity index (χ1) is 10.1. The standard InChI is InChI=1S/C18H15FN2/c19-14-5-1-13(2-6-14)18-11-16(21)9-10-17(18)12-3-7-15(20)8-4-12/h1-11H,20-21H2. The van der Waals surface area contributed by atoms with E-state index in [1.807, 2.05) is 42.5 Å². The van der Waals surface area contributed by atoms with E-state index in [2.05, 4.69) is 0 Å². The maximum Gasteiger partial charge on any atom is 0.123 e. The third-order valence-corrected chi connectivity index (χ3v) is 3.42. The molecular formula is C18H15FN2. The number of anilines is 2. The molecule has 0 saturated heterocycles. The molecule has 4 N–H and O–H groups in total. The Morgan fingerprint density at radius 3 is 1.76 bits per heavy atom. The van der Waals surface area contributed by atoms with Crippen LogP contribution in [0.3, 0.4) is 0 Å². The summed E-state index contributed by atoms with van der Waals surface area (Å²) in [5.74, 6) is -0.253. The van der Waals surface area contributed by atoms with Crippen LogP contribution < -0.4 is 11.5 Å². The van der Waals surface area contributed by atoms with Crippen LogP contribution in [0.15, 0.2) is 66.7 Å². The number of halogens is 1. The zero-order valence-electron chi connectivity index (χ0n) is 11.4. The summed E-state index contributed by atoms with van der Waals surface area (Å²) < 4.78 is 13.1. The highest BCUT2D eigenvalue weighted by molar-refractivity contribution is 5.85. The van der Waals surface area contributed by atoms with E-state index in [0.717, 1.165) is 27.9 Å². The first kappa shape index (κ1) is 13.2. The van der Waals surface area contributed by atoms with Crippen LogP contribution in [0, 0.1) is 5.82 Å². The molecule has 0 heterocycles. The van der Waals surface area contributed by atoms with Gasteiger partial charge >= 0.3 is 0 Å². The summed E-state index contributed by atoms with van der Waals surface area (Å²) in [6, 6.07) is 19.8. The molecule has 3 aromatic rings. The van der Waals surface area contributed by atoms with Crippen molar-refractivity contribution < 1.29 is 4.39 Å². The summed E-state index contributed by atoms with van der Waals surface area (Å²) in [6.07, 6.45) is 0. The lowest BCUT2D eigenvalue weighted by Crippen LogP contribution is -1.91. The molecule has 0 unspecified atom stereocenters. The molecule has 0 radical (unpaired) electrons. The molecule has 0 atom stereocenters. The van der Waals surface area contributed by atoms with Crippen molar-refractivity contribution in [2.45, 2.75) is 0 Å². The van der Waals surface area contributed by atoms with Crippen molar-refractivity contribution >= 4 is 11.4 Å². The van der Waals surface area contributed by atoms with Crippen molar-refractivity contribution in [2.24, 2.45) is 0 Å². The maximum absolute atomic E-state index is 13.1. The maximum atomic E-state index is 13.1. The molecule has 0 aliphatic rings. The van der Waals surface area contributed by atoms with Crippen molar-refractivity contribution in [1.82, 2.24) is 0 Å². The molecule has 0 saturated carbocycles. The number of hydrogen-bond acceptors (Lipinski definition) is 2. The molecule has 0 spiro atoms. The Bertz CT molecular complexity index is 762. The Hall–Kier alpha value is -2.81. The predicted octanol–water partition coefficient (Wildman–Crippen LogP) is 4.32. The second-order valence-corrected chi connectivity index (χ2v) is 4.93. The molecule has 0 amide bonds. The highest BCUT2D eigenvalue weighted by atomic mass is 19.1. The Labute approximate surface area is 122 Å². The van der Waals surface area contributed by atoms with Crippen LogP contribution in [0.2, 0.25) is 0 Å². The average molecular weight is 278 g/mol. The van der Waals surface area contributed by atoms with Gasteiger partial charge in [-0.1, -0.05) is 30.3 Å². The summed E-state index contributed by atoms with van der Waals surface area (Å²) in [5, 5.41) is 0. The van der Waals surface area contributed by atoms with Crippen molar-refractivity contribution in [3.8, 4) is 22.3 Å². The molecule has 0 bridgehead atoms. The van der Waals surface area contributed by atoms with E-state index in [4.69, 9.17) is 11.5 Å². The van der Waals surface area contributed by atoms with Crippen molar-refractivity contribution in [3.05, 3.63) is 72.5 Å². The van der Waals surface area contributed by atoms with E-state index < -0.39 is 0 Å². The lowest BCUT2D eigenvalue weighted by Gasteiger charge is -2.11. The smallest absolute Gasteiger partial charge is 0.123 e. The summed E-state index contributed by atoms with van der Waals surface area (Å²) in [6.45, 7) is 0. The third kappa shape index (κ3) is 2.72. The predicted molar refractivity (Wildman–Crippen MR) is 86.1 cm³/mol. The van der Waals surface area contributed by atoms with Gasteiger partial charge in [0.15, 0.2) is 0 Å². The van der Waals surface area contributed by atoms with Crippen LogP contribution in [-0.2, 0) is 0 Å². The Balaban J connectivity index is 2.17. The Kier molecular flexibility index (Phi) is 3.32. The summed E-state index contributed by atoms with van der Waals surface area (Å²) in [5.41, 5.74) is 17.0. The highest BCUT2D eigenvalue weighted by Crippen LogP contribution is 2.34. The zero-order valence-corrected chi connectivity index (χ0v) is 11.4. The van der Waals surface area contributed by atoms with E-state index in [-0.39, 0.29) is 5.82 Å². The Morgan fingerprint density at radius 2 is 1.10 bits per heavy atom. The van der Waals surface area contributed by atoms with Crippen molar-refractivity contribution in [2.75, 3.05) is 11.5 Å².